The van der Waals surface area contributed by atoms with Gasteiger partial charge in [0.15, 0.2) is 0 Å². The number of hydrogen-bond acceptors (Lipinski definition) is 6. The fourth-order valence-electron chi connectivity index (χ4n) is 4.24. The molecule has 2 amide bonds. The van der Waals surface area contributed by atoms with E-state index in [4.69, 9.17) is 16.3 Å². The monoisotopic (exact) mass is 471 g/mol. The first-order valence-electron chi connectivity index (χ1n) is 11.4. The summed E-state index contributed by atoms with van der Waals surface area (Å²) in [7, 11) is 0. The van der Waals surface area contributed by atoms with Crippen molar-refractivity contribution in [1.29, 1.82) is 0 Å². The van der Waals surface area contributed by atoms with Crippen LogP contribution < -0.4 is 15.5 Å². The van der Waals surface area contributed by atoms with E-state index in [1.807, 2.05) is 31.2 Å². The second-order valence-electron chi connectivity index (χ2n) is 8.50. The molecule has 0 saturated carbocycles. The largest absolute Gasteiger partial charge is 0.378 e. The number of nitrogens with one attached hydrogen (secondary N) is 2. The lowest BCUT2D eigenvalue weighted by Gasteiger charge is -2.35. The highest BCUT2D eigenvalue weighted by molar-refractivity contribution is 6.30. The molecule has 8 nitrogen and oxygen atoms in total. The first kappa shape index (κ1) is 23.5. The lowest BCUT2D eigenvalue weighted by molar-refractivity contribution is -0.125. The molecule has 0 radical (unpaired) electrons. The van der Waals surface area contributed by atoms with E-state index in [1.165, 1.54) is 6.20 Å². The summed E-state index contributed by atoms with van der Waals surface area (Å²) in [4.78, 5) is 34.1. The standard InChI is InChI=1S/C24H30ClN5O3/c1-17(23(31)27-20-5-7-21(8-6-20)29-11-13-33-14-12-29)30-10-2-3-18(16-30)24(32)28-22-9-4-19(25)15-26-22/h4-9,15,17-18H,2-3,10-14,16H2,1H3,(H,27,31)(H,26,28,32)/t17-,18+/m0/s1. The zero-order valence-electron chi connectivity index (χ0n) is 18.8. The smallest absolute Gasteiger partial charge is 0.241 e. The zero-order chi connectivity index (χ0) is 23.2. The van der Waals surface area contributed by atoms with Crippen LogP contribution in [0.1, 0.15) is 19.8 Å². The van der Waals surface area contributed by atoms with Crippen molar-refractivity contribution < 1.29 is 14.3 Å². The zero-order valence-corrected chi connectivity index (χ0v) is 19.6. The Balaban J connectivity index is 1.30. The van der Waals surface area contributed by atoms with E-state index in [9.17, 15) is 9.59 Å². The van der Waals surface area contributed by atoms with E-state index in [0.717, 1.165) is 57.1 Å². The summed E-state index contributed by atoms with van der Waals surface area (Å²) in [6, 6.07) is 10.9. The minimum Gasteiger partial charge on any atom is -0.378 e. The fourth-order valence-corrected chi connectivity index (χ4v) is 4.35. The molecule has 2 N–H and O–H groups in total. The predicted molar refractivity (Wildman–Crippen MR) is 130 cm³/mol. The molecule has 3 heterocycles. The molecule has 4 rings (SSSR count). The van der Waals surface area contributed by atoms with Gasteiger partial charge in [0.2, 0.25) is 11.8 Å². The molecule has 2 atom stereocenters. The number of carbonyl (C=O) groups excluding carboxylic acids is 2. The summed E-state index contributed by atoms with van der Waals surface area (Å²) >= 11 is 5.86. The Hall–Kier alpha value is -2.68. The van der Waals surface area contributed by atoms with Crippen LogP contribution in [-0.4, -0.2) is 67.1 Å². The van der Waals surface area contributed by atoms with Crippen LogP contribution in [0, 0.1) is 5.92 Å². The highest BCUT2D eigenvalue weighted by atomic mass is 35.5. The van der Waals surface area contributed by atoms with Gasteiger partial charge < -0.3 is 20.3 Å². The lowest BCUT2D eigenvalue weighted by atomic mass is 9.96. The molecule has 176 valence electrons. The predicted octanol–water partition coefficient (Wildman–Crippen LogP) is 3.25. The third kappa shape index (κ3) is 6.22. The molecule has 9 heteroatoms. The van der Waals surface area contributed by atoms with E-state index in [1.54, 1.807) is 12.1 Å². The Kier molecular flexibility index (Phi) is 7.80. The molecule has 1 aromatic heterocycles. The maximum absolute atomic E-state index is 12.9. The van der Waals surface area contributed by atoms with Gasteiger partial charge in [-0.25, -0.2) is 4.98 Å². The highest BCUT2D eigenvalue weighted by Crippen LogP contribution is 2.22. The maximum atomic E-state index is 12.9. The van der Waals surface area contributed by atoms with Crippen molar-refractivity contribution in [2.45, 2.75) is 25.8 Å². The first-order valence-corrected chi connectivity index (χ1v) is 11.8. The van der Waals surface area contributed by atoms with Crippen molar-refractivity contribution in [3.05, 3.63) is 47.6 Å². The van der Waals surface area contributed by atoms with Crippen molar-refractivity contribution >= 4 is 40.6 Å². The molecule has 2 aliphatic rings. The molecule has 2 aliphatic heterocycles. The fraction of sp³-hybridized carbons (Fsp3) is 0.458. The van der Waals surface area contributed by atoms with Gasteiger partial charge >= 0.3 is 0 Å². The number of benzene rings is 1. The van der Waals surface area contributed by atoms with Crippen LogP contribution in [0.5, 0.6) is 0 Å². The third-order valence-electron chi connectivity index (χ3n) is 6.24. The molecule has 1 aromatic carbocycles. The number of amides is 2. The van der Waals surface area contributed by atoms with Gasteiger partial charge in [0.25, 0.3) is 0 Å². The summed E-state index contributed by atoms with van der Waals surface area (Å²) in [5.74, 6) is 0.127. The maximum Gasteiger partial charge on any atom is 0.241 e. The highest BCUT2D eigenvalue weighted by Gasteiger charge is 2.31. The number of rotatable bonds is 6. The molecule has 2 fully saturated rings. The van der Waals surface area contributed by atoms with Crippen LogP contribution in [-0.2, 0) is 14.3 Å². The van der Waals surface area contributed by atoms with Crippen LogP contribution in [0.15, 0.2) is 42.6 Å². The third-order valence-corrected chi connectivity index (χ3v) is 6.46. The minimum atomic E-state index is -0.340. The number of piperidine rings is 1. The molecular formula is C24H30ClN5O3. The molecule has 0 bridgehead atoms. The van der Waals surface area contributed by atoms with Crippen molar-refractivity contribution in [2.24, 2.45) is 5.92 Å². The molecule has 0 unspecified atom stereocenters. The van der Waals surface area contributed by atoms with E-state index >= 15 is 0 Å². The number of halogens is 1. The van der Waals surface area contributed by atoms with Gasteiger partial charge in [-0.3, -0.25) is 14.5 Å². The van der Waals surface area contributed by atoms with E-state index in [0.29, 0.717) is 17.4 Å². The van der Waals surface area contributed by atoms with Crippen molar-refractivity contribution in [2.75, 3.05) is 54.9 Å². The Morgan fingerprint density at radius 2 is 1.85 bits per heavy atom. The lowest BCUT2D eigenvalue weighted by Crippen LogP contribution is -2.49. The van der Waals surface area contributed by atoms with Gasteiger partial charge in [-0.2, -0.15) is 0 Å². The number of aromatic nitrogens is 1. The molecule has 0 spiro atoms. The number of carbonyl (C=O) groups is 2. The number of likely N-dealkylation sites (tertiary alicyclic amines) is 1. The van der Waals surface area contributed by atoms with E-state index in [2.05, 4.69) is 25.4 Å². The molecule has 0 aliphatic carbocycles. The van der Waals surface area contributed by atoms with Gasteiger partial charge in [0, 0.05) is 37.2 Å². The topological polar surface area (TPSA) is 86.8 Å². The van der Waals surface area contributed by atoms with Gasteiger partial charge in [-0.1, -0.05) is 11.6 Å². The van der Waals surface area contributed by atoms with Gasteiger partial charge in [-0.15, -0.1) is 0 Å². The van der Waals surface area contributed by atoms with Gasteiger partial charge in [0.1, 0.15) is 5.82 Å². The number of anilines is 3. The summed E-state index contributed by atoms with van der Waals surface area (Å²) < 4.78 is 5.40. The van der Waals surface area contributed by atoms with Crippen LogP contribution in [0.3, 0.4) is 0 Å². The van der Waals surface area contributed by atoms with Crippen molar-refractivity contribution in [1.82, 2.24) is 9.88 Å². The SMILES string of the molecule is C[C@@H](C(=O)Nc1ccc(N2CCOCC2)cc1)N1CCC[C@@H](C(=O)Nc2ccc(Cl)cn2)C1. The van der Waals surface area contributed by atoms with Crippen LogP contribution >= 0.6 is 11.6 Å². The number of hydrogen-bond donors (Lipinski definition) is 2. The van der Waals surface area contributed by atoms with Gasteiger partial charge in [-0.05, 0) is 62.7 Å². The van der Waals surface area contributed by atoms with E-state index in [-0.39, 0.29) is 23.8 Å². The molecule has 33 heavy (non-hydrogen) atoms. The molecule has 2 aromatic rings. The van der Waals surface area contributed by atoms with Crippen molar-refractivity contribution in [3.8, 4) is 0 Å². The normalized spacial score (nSPS) is 20.2. The summed E-state index contributed by atoms with van der Waals surface area (Å²) in [6.07, 6.45) is 3.15. The summed E-state index contributed by atoms with van der Waals surface area (Å²) in [5, 5.41) is 6.38. The molecular weight excluding hydrogens is 442 g/mol. The number of ether oxygens (including phenoxy) is 1. The Bertz CT molecular complexity index is 948. The Morgan fingerprint density at radius 1 is 1.09 bits per heavy atom. The van der Waals surface area contributed by atoms with Crippen LogP contribution in [0.2, 0.25) is 5.02 Å². The Labute approximate surface area is 199 Å². The molecule has 2 saturated heterocycles. The number of morpholine rings is 1. The average Bonchev–Trinajstić information content (AvgIpc) is 2.86. The van der Waals surface area contributed by atoms with Crippen LogP contribution in [0.25, 0.3) is 0 Å². The quantitative estimate of drug-likeness (QED) is 0.672. The summed E-state index contributed by atoms with van der Waals surface area (Å²) in [5.41, 5.74) is 1.90. The van der Waals surface area contributed by atoms with Gasteiger partial charge in [0.05, 0.1) is 30.2 Å². The van der Waals surface area contributed by atoms with Crippen molar-refractivity contribution in [3.63, 3.8) is 0 Å². The van der Waals surface area contributed by atoms with E-state index < -0.39 is 0 Å². The number of pyridine rings is 1. The average molecular weight is 472 g/mol. The number of nitrogens with zero attached hydrogens (tertiary/aromatic N) is 3. The Morgan fingerprint density at radius 3 is 2.55 bits per heavy atom. The second kappa shape index (κ2) is 11.0. The second-order valence-corrected chi connectivity index (χ2v) is 8.93. The van der Waals surface area contributed by atoms with Crippen LogP contribution in [0.4, 0.5) is 17.2 Å². The summed E-state index contributed by atoms with van der Waals surface area (Å²) in [6.45, 7) is 6.43. The minimum absolute atomic E-state index is 0.0745. The first-order chi connectivity index (χ1) is 16.0.